The number of hydrogen-bond donors (Lipinski definition) is 2. The molecular formula is C30H32F6N8. The Morgan fingerprint density at radius 2 is 1.64 bits per heavy atom. The summed E-state index contributed by atoms with van der Waals surface area (Å²) in [4.78, 5) is 8.69. The van der Waals surface area contributed by atoms with Gasteiger partial charge < -0.3 is 9.80 Å². The minimum absolute atomic E-state index is 0.0678. The van der Waals surface area contributed by atoms with E-state index in [0.717, 1.165) is 49.7 Å². The van der Waals surface area contributed by atoms with E-state index < -0.39 is 23.5 Å². The lowest BCUT2D eigenvalue weighted by molar-refractivity contribution is -0.143. The molecule has 2 aliphatic rings. The molecule has 0 spiro atoms. The summed E-state index contributed by atoms with van der Waals surface area (Å²) < 4.78 is 81.9. The van der Waals surface area contributed by atoms with Crippen molar-refractivity contribution in [3.63, 3.8) is 0 Å². The molecule has 3 aromatic rings. The van der Waals surface area contributed by atoms with Crippen molar-refractivity contribution >= 4 is 22.7 Å². The zero-order valence-electron chi connectivity index (χ0n) is 24.2. The SMILES string of the molecule is CCN(CC1CCCC1)c1nc2cc(C#N)ccc2cc1CN(Cc1cc(C(F)(F)F)cc(C(F)(F)F)c1)C1=NNN(C)N1. The Labute approximate surface area is 250 Å². The monoisotopic (exact) mass is 618 g/mol. The third kappa shape index (κ3) is 7.10. The van der Waals surface area contributed by atoms with Crippen molar-refractivity contribution in [3.8, 4) is 6.07 Å². The molecule has 1 fully saturated rings. The van der Waals surface area contributed by atoms with E-state index in [4.69, 9.17) is 4.98 Å². The van der Waals surface area contributed by atoms with E-state index >= 15 is 0 Å². The molecule has 1 aromatic heterocycles. The molecule has 1 aliphatic heterocycles. The van der Waals surface area contributed by atoms with Crippen LogP contribution in [0.4, 0.5) is 32.2 Å². The first-order valence-electron chi connectivity index (χ1n) is 14.3. The van der Waals surface area contributed by atoms with Crippen LogP contribution in [0.3, 0.4) is 0 Å². The van der Waals surface area contributed by atoms with Crippen molar-refractivity contribution in [1.29, 1.82) is 5.26 Å². The number of anilines is 1. The third-order valence-electron chi connectivity index (χ3n) is 7.89. The van der Waals surface area contributed by atoms with Crippen LogP contribution in [0.15, 0.2) is 47.6 Å². The standard InChI is InChI=1S/C30H32F6N8/c1-3-43(16-19-6-4-5-7-19)27-23(13-22-9-8-20(15-37)12-26(22)38-27)18-44(28-39-41-42(2)40-28)17-21-10-24(29(31,32)33)14-25(11-21)30(34,35)36/h8-14,19,41H,3-7,16-18H2,1-2H3,(H,39,40). The van der Waals surface area contributed by atoms with Gasteiger partial charge in [-0.3, -0.25) is 5.43 Å². The Hall–Kier alpha value is -4.25. The highest BCUT2D eigenvalue weighted by Gasteiger charge is 2.37. The maximum Gasteiger partial charge on any atom is 0.416 e. The lowest BCUT2D eigenvalue weighted by Crippen LogP contribution is -2.44. The van der Waals surface area contributed by atoms with Gasteiger partial charge in [-0.25, -0.2) is 10.5 Å². The summed E-state index contributed by atoms with van der Waals surface area (Å²) in [7, 11) is 1.62. The number of fused-ring (bicyclic) bond motifs is 1. The zero-order chi connectivity index (χ0) is 31.6. The Kier molecular flexibility index (Phi) is 8.78. The molecule has 0 radical (unpaired) electrons. The Morgan fingerprint density at radius 1 is 0.955 bits per heavy atom. The van der Waals surface area contributed by atoms with Crippen LogP contribution >= 0.6 is 0 Å². The normalized spacial score (nSPS) is 16.0. The van der Waals surface area contributed by atoms with Crippen LogP contribution in [0.5, 0.6) is 0 Å². The highest BCUT2D eigenvalue weighted by molar-refractivity contribution is 5.84. The van der Waals surface area contributed by atoms with E-state index in [1.165, 1.54) is 5.12 Å². The van der Waals surface area contributed by atoms with Gasteiger partial charge in [-0.2, -0.15) is 31.6 Å². The molecule has 2 heterocycles. The number of rotatable bonds is 8. The number of aromatic nitrogens is 1. The molecule has 1 saturated carbocycles. The average molecular weight is 619 g/mol. The summed E-state index contributed by atoms with van der Waals surface area (Å²) in [5.74, 6) is 1.33. The van der Waals surface area contributed by atoms with E-state index in [9.17, 15) is 31.6 Å². The van der Waals surface area contributed by atoms with Gasteiger partial charge in [-0.1, -0.05) is 18.9 Å². The molecule has 0 amide bonds. The van der Waals surface area contributed by atoms with Gasteiger partial charge in [0.15, 0.2) is 0 Å². The van der Waals surface area contributed by atoms with Crippen LogP contribution in [0.2, 0.25) is 0 Å². The van der Waals surface area contributed by atoms with Gasteiger partial charge in [0.2, 0.25) is 5.96 Å². The van der Waals surface area contributed by atoms with Gasteiger partial charge in [0.1, 0.15) is 5.82 Å². The number of hydrogen-bond acceptors (Lipinski definition) is 8. The fourth-order valence-electron chi connectivity index (χ4n) is 5.74. The van der Waals surface area contributed by atoms with Gasteiger partial charge in [-0.15, -0.1) is 10.2 Å². The number of halogens is 6. The number of hydrazine groups is 2. The number of hydrazone groups is 1. The molecule has 0 bridgehead atoms. The number of nitriles is 1. The van der Waals surface area contributed by atoms with E-state index in [-0.39, 0.29) is 30.7 Å². The highest BCUT2D eigenvalue weighted by Crippen LogP contribution is 2.37. The third-order valence-corrected chi connectivity index (χ3v) is 7.89. The van der Waals surface area contributed by atoms with Crippen LogP contribution in [-0.4, -0.2) is 41.1 Å². The van der Waals surface area contributed by atoms with Crippen LogP contribution in [0, 0.1) is 17.2 Å². The number of nitrogens with zero attached hydrogens (tertiary/aromatic N) is 6. The van der Waals surface area contributed by atoms with Crippen molar-refractivity contribution in [2.75, 3.05) is 25.0 Å². The summed E-state index contributed by atoms with van der Waals surface area (Å²) in [6, 6.07) is 10.8. The molecule has 0 atom stereocenters. The van der Waals surface area contributed by atoms with Crippen LogP contribution in [0.25, 0.3) is 10.9 Å². The topological polar surface area (TPSA) is 82.8 Å². The van der Waals surface area contributed by atoms with Crippen molar-refractivity contribution in [1.82, 2.24) is 26.0 Å². The lowest BCUT2D eigenvalue weighted by Gasteiger charge is -2.31. The molecule has 234 valence electrons. The van der Waals surface area contributed by atoms with Crippen molar-refractivity contribution in [3.05, 3.63) is 70.3 Å². The number of guanidine groups is 1. The Morgan fingerprint density at radius 3 is 2.20 bits per heavy atom. The minimum Gasteiger partial charge on any atom is -0.356 e. The predicted octanol–water partition coefficient (Wildman–Crippen LogP) is 6.39. The Balaban J connectivity index is 1.58. The van der Waals surface area contributed by atoms with Gasteiger partial charge in [-0.05, 0) is 67.6 Å². The smallest absolute Gasteiger partial charge is 0.356 e. The first-order valence-corrected chi connectivity index (χ1v) is 14.3. The number of alkyl halides is 6. The van der Waals surface area contributed by atoms with E-state index in [0.29, 0.717) is 34.9 Å². The average Bonchev–Trinajstić information content (AvgIpc) is 3.65. The first-order chi connectivity index (χ1) is 20.8. The molecule has 1 aliphatic carbocycles. The van der Waals surface area contributed by atoms with Crippen LogP contribution < -0.4 is 15.9 Å². The maximum absolute atomic E-state index is 13.7. The second-order valence-corrected chi connectivity index (χ2v) is 11.2. The van der Waals surface area contributed by atoms with Gasteiger partial charge in [0.25, 0.3) is 0 Å². The molecule has 0 unspecified atom stereocenters. The number of benzene rings is 2. The van der Waals surface area contributed by atoms with E-state index in [1.54, 1.807) is 30.1 Å². The lowest BCUT2D eigenvalue weighted by atomic mass is 10.0. The molecular weight excluding hydrogens is 586 g/mol. The van der Waals surface area contributed by atoms with Crippen LogP contribution in [-0.2, 0) is 25.4 Å². The summed E-state index contributed by atoms with van der Waals surface area (Å²) in [5, 5.41) is 15.8. The fourth-order valence-corrected chi connectivity index (χ4v) is 5.74. The largest absolute Gasteiger partial charge is 0.416 e. The summed E-state index contributed by atoms with van der Waals surface area (Å²) in [5.41, 5.74) is 4.46. The predicted molar refractivity (Wildman–Crippen MR) is 153 cm³/mol. The molecule has 8 nitrogen and oxygen atoms in total. The molecule has 44 heavy (non-hydrogen) atoms. The van der Waals surface area contributed by atoms with E-state index in [2.05, 4.69) is 27.0 Å². The molecule has 2 aromatic carbocycles. The second-order valence-electron chi connectivity index (χ2n) is 11.2. The maximum atomic E-state index is 13.7. The number of nitrogens with one attached hydrogen (secondary N) is 2. The first kappa shape index (κ1) is 31.2. The zero-order valence-corrected chi connectivity index (χ0v) is 24.2. The van der Waals surface area contributed by atoms with Crippen molar-refractivity contribution < 1.29 is 26.3 Å². The Bertz CT molecular complexity index is 1540. The molecule has 0 saturated heterocycles. The highest BCUT2D eigenvalue weighted by atomic mass is 19.4. The summed E-state index contributed by atoms with van der Waals surface area (Å²) in [6.45, 7) is 3.15. The molecule has 2 N–H and O–H groups in total. The van der Waals surface area contributed by atoms with Gasteiger partial charge >= 0.3 is 12.4 Å². The van der Waals surface area contributed by atoms with Gasteiger partial charge in [0, 0.05) is 44.2 Å². The summed E-state index contributed by atoms with van der Waals surface area (Å²) >= 11 is 0. The number of pyridine rings is 1. The molecule has 14 heteroatoms. The second kappa shape index (κ2) is 12.4. The quantitative estimate of drug-likeness (QED) is 0.283. The van der Waals surface area contributed by atoms with E-state index in [1.807, 2.05) is 13.0 Å². The van der Waals surface area contributed by atoms with Crippen molar-refractivity contribution in [2.45, 2.75) is 58.0 Å². The fraction of sp³-hybridized carbons (Fsp3) is 0.433. The minimum atomic E-state index is -4.97. The van der Waals surface area contributed by atoms with Gasteiger partial charge in [0.05, 0.1) is 28.3 Å². The molecule has 5 rings (SSSR count). The summed E-state index contributed by atoms with van der Waals surface area (Å²) in [6.07, 6.45) is -5.43. The van der Waals surface area contributed by atoms with Crippen molar-refractivity contribution in [2.24, 2.45) is 11.0 Å². The van der Waals surface area contributed by atoms with Crippen LogP contribution in [0.1, 0.15) is 60.4 Å².